The summed E-state index contributed by atoms with van der Waals surface area (Å²) in [5.41, 5.74) is 2.05. The number of methoxy groups -OCH3 is 1. The van der Waals surface area contributed by atoms with Crippen LogP contribution in [-0.4, -0.2) is 24.2 Å². The van der Waals surface area contributed by atoms with Gasteiger partial charge in [-0.1, -0.05) is 23.7 Å². The van der Waals surface area contributed by atoms with E-state index in [-0.39, 0.29) is 21.9 Å². The minimum absolute atomic E-state index is 0.192. The number of rotatable bonds is 5. The molecule has 8 nitrogen and oxygen atoms in total. The monoisotopic (exact) mass is 348 g/mol. The van der Waals surface area contributed by atoms with Gasteiger partial charge in [0.2, 0.25) is 0 Å². The Morgan fingerprint density at radius 3 is 2.71 bits per heavy atom. The van der Waals surface area contributed by atoms with E-state index < -0.39 is 22.3 Å². The molecule has 0 bridgehead atoms. The number of carbonyl (C=O) groups is 1. The van der Waals surface area contributed by atoms with Crippen molar-refractivity contribution in [3.63, 3.8) is 0 Å². The van der Waals surface area contributed by atoms with Crippen LogP contribution in [-0.2, 0) is 0 Å². The molecule has 0 atom stereocenters. The third-order valence-electron chi connectivity index (χ3n) is 2.97. The molecule has 0 spiro atoms. The van der Waals surface area contributed by atoms with Crippen LogP contribution in [0.5, 0.6) is 11.5 Å². The van der Waals surface area contributed by atoms with Gasteiger partial charge in [-0.2, -0.15) is 5.10 Å². The highest BCUT2D eigenvalue weighted by Gasteiger charge is 2.13. The molecule has 0 saturated heterocycles. The van der Waals surface area contributed by atoms with Gasteiger partial charge in [-0.25, -0.2) is 5.43 Å². The second-order valence-corrected chi connectivity index (χ2v) is 4.91. The van der Waals surface area contributed by atoms with E-state index in [1.165, 1.54) is 19.2 Å². The molecule has 0 fully saturated rings. The lowest BCUT2D eigenvalue weighted by Crippen LogP contribution is -2.18. The van der Waals surface area contributed by atoms with Crippen molar-refractivity contribution in [1.82, 2.24) is 5.43 Å². The Hall–Kier alpha value is -3.13. The summed E-state index contributed by atoms with van der Waals surface area (Å²) in [6.07, 6.45) is 1.16. The Morgan fingerprint density at radius 1 is 1.38 bits per heavy atom. The lowest BCUT2D eigenvalue weighted by atomic mass is 10.2. The van der Waals surface area contributed by atoms with E-state index >= 15 is 0 Å². The smallest absolute Gasteiger partial charge is 0.272 e. The van der Waals surface area contributed by atoms with Crippen LogP contribution in [0.4, 0.5) is 5.69 Å². The molecule has 0 heterocycles. The van der Waals surface area contributed by atoms with Gasteiger partial charge in [-0.05, 0) is 18.2 Å². The van der Waals surface area contributed by atoms with E-state index in [4.69, 9.17) is 16.3 Å². The first-order valence-electron chi connectivity index (χ1n) is 6.55. The Balaban J connectivity index is 2.20. The molecule has 124 valence electrons. The van der Waals surface area contributed by atoms with Crippen LogP contribution in [0.25, 0.3) is 0 Å². The molecule has 0 aliphatic heterocycles. The molecule has 24 heavy (non-hydrogen) atoms. The highest BCUT2D eigenvalue weighted by atomic mass is 35.5. The number of nitro benzene ring substituents is 1. The van der Waals surface area contributed by atoms with Crippen molar-refractivity contribution < 1.29 is 19.6 Å². The minimum Gasteiger partial charge on any atom is -0.865 e. The van der Waals surface area contributed by atoms with E-state index in [1.807, 2.05) is 0 Å². The van der Waals surface area contributed by atoms with Gasteiger partial charge in [0, 0.05) is 17.4 Å². The number of amides is 1. The number of carbonyl (C=O) groups excluding carboxylic acids is 1. The first kappa shape index (κ1) is 17.2. The molecule has 1 amide bonds. The summed E-state index contributed by atoms with van der Waals surface area (Å²) in [5.74, 6) is -1.57. The molecule has 9 heteroatoms. The Labute approximate surface area is 141 Å². The second-order valence-electron chi connectivity index (χ2n) is 4.51. The summed E-state index contributed by atoms with van der Waals surface area (Å²) in [4.78, 5) is 22.0. The fourth-order valence-corrected chi connectivity index (χ4v) is 2.06. The quantitative estimate of drug-likeness (QED) is 0.504. The van der Waals surface area contributed by atoms with Crippen molar-refractivity contribution in [3.05, 3.63) is 62.7 Å². The number of benzene rings is 2. The van der Waals surface area contributed by atoms with Crippen LogP contribution in [0.2, 0.25) is 5.02 Å². The van der Waals surface area contributed by atoms with Crippen LogP contribution in [0.1, 0.15) is 15.9 Å². The molecule has 0 saturated carbocycles. The lowest BCUT2D eigenvalue weighted by molar-refractivity contribution is -0.398. The van der Waals surface area contributed by atoms with Crippen molar-refractivity contribution in [2.75, 3.05) is 7.11 Å². The van der Waals surface area contributed by atoms with Gasteiger partial charge in [-0.3, -0.25) is 14.9 Å². The molecule has 2 aromatic carbocycles. The maximum atomic E-state index is 11.9. The van der Waals surface area contributed by atoms with Crippen LogP contribution in [0, 0.1) is 10.1 Å². The molecule has 0 unspecified atom stereocenters. The maximum absolute atomic E-state index is 11.9. The minimum atomic E-state index is -0.834. The fourth-order valence-electron chi connectivity index (χ4n) is 1.84. The lowest BCUT2D eigenvalue weighted by Gasteiger charge is -2.12. The van der Waals surface area contributed by atoms with E-state index in [0.29, 0.717) is 0 Å². The van der Waals surface area contributed by atoms with Gasteiger partial charge in [-0.15, -0.1) is 0 Å². The van der Waals surface area contributed by atoms with Gasteiger partial charge in [0.05, 0.1) is 28.8 Å². The molecule has 0 aliphatic rings. The molecular formula is C15H11ClN3O5-. The SMILES string of the molecule is COc1cc(/C=N\NC(=O)c2ccccc2Cl)cc([N+](=O)[O-])c1[O-]. The average molecular weight is 349 g/mol. The zero-order valence-corrected chi connectivity index (χ0v) is 13.1. The summed E-state index contributed by atoms with van der Waals surface area (Å²) < 4.78 is 4.81. The number of nitrogens with zero attached hydrogens (tertiary/aromatic N) is 2. The van der Waals surface area contributed by atoms with Crippen molar-refractivity contribution >= 4 is 29.4 Å². The molecule has 0 aromatic heterocycles. The van der Waals surface area contributed by atoms with Gasteiger partial charge < -0.3 is 9.84 Å². The molecule has 0 radical (unpaired) electrons. The third-order valence-corrected chi connectivity index (χ3v) is 3.30. The fraction of sp³-hybridized carbons (Fsp3) is 0.0667. The first-order chi connectivity index (χ1) is 11.4. The number of halogens is 1. The highest BCUT2D eigenvalue weighted by Crippen LogP contribution is 2.33. The zero-order valence-electron chi connectivity index (χ0n) is 12.4. The third kappa shape index (κ3) is 3.79. The molecule has 2 rings (SSSR count). The number of hydrogen-bond donors (Lipinski definition) is 1. The van der Waals surface area contributed by atoms with Crippen molar-refractivity contribution in [2.24, 2.45) is 5.10 Å². The van der Waals surface area contributed by atoms with Crippen molar-refractivity contribution in [3.8, 4) is 11.5 Å². The summed E-state index contributed by atoms with van der Waals surface area (Å²) >= 11 is 5.89. The summed E-state index contributed by atoms with van der Waals surface area (Å²) in [5, 5.41) is 26.5. The number of hydrazone groups is 1. The van der Waals surface area contributed by atoms with Crippen LogP contribution >= 0.6 is 11.6 Å². The van der Waals surface area contributed by atoms with Crippen molar-refractivity contribution in [2.45, 2.75) is 0 Å². The summed E-state index contributed by atoms with van der Waals surface area (Å²) in [6.45, 7) is 0. The number of hydrogen-bond acceptors (Lipinski definition) is 6. The predicted molar refractivity (Wildman–Crippen MR) is 85.6 cm³/mol. The largest absolute Gasteiger partial charge is 0.865 e. The van der Waals surface area contributed by atoms with Crippen LogP contribution in [0.3, 0.4) is 0 Å². The van der Waals surface area contributed by atoms with Gasteiger partial charge in [0.15, 0.2) is 0 Å². The van der Waals surface area contributed by atoms with E-state index in [9.17, 15) is 20.0 Å². The van der Waals surface area contributed by atoms with Gasteiger partial charge in [0.25, 0.3) is 11.6 Å². The Kier molecular flexibility index (Phi) is 5.33. The standard InChI is InChI=1S/C15H12ClN3O5/c1-24-13-7-9(6-12(14(13)20)19(22)23)8-17-18-15(21)10-4-2-3-5-11(10)16/h2-8,20H,1H3,(H,18,21)/p-1/b17-8-. The molecule has 1 N–H and O–H groups in total. The molecular weight excluding hydrogens is 338 g/mol. The van der Waals surface area contributed by atoms with Crippen molar-refractivity contribution in [1.29, 1.82) is 0 Å². The summed E-state index contributed by atoms with van der Waals surface area (Å²) in [7, 11) is 1.22. The number of nitrogens with one attached hydrogen (secondary N) is 1. The normalized spacial score (nSPS) is 10.6. The maximum Gasteiger partial charge on any atom is 0.272 e. The van der Waals surface area contributed by atoms with Crippen LogP contribution < -0.4 is 15.3 Å². The van der Waals surface area contributed by atoms with E-state index in [0.717, 1.165) is 12.3 Å². The average Bonchev–Trinajstić information content (AvgIpc) is 2.56. The molecule has 0 aliphatic carbocycles. The summed E-state index contributed by atoms with van der Waals surface area (Å²) in [6, 6.07) is 8.72. The topological polar surface area (TPSA) is 117 Å². The Morgan fingerprint density at radius 2 is 2.08 bits per heavy atom. The number of nitro groups is 1. The Bertz CT molecular complexity index is 823. The van der Waals surface area contributed by atoms with E-state index in [1.54, 1.807) is 18.2 Å². The first-order valence-corrected chi connectivity index (χ1v) is 6.93. The highest BCUT2D eigenvalue weighted by molar-refractivity contribution is 6.33. The second kappa shape index (κ2) is 7.42. The molecule has 2 aromatic rings. The zero-order chi connectivity index (χ0) is 17.7. The predicted octanol–water partition coefficient (Wildman–Crippen LogP) is 2.09. The van der Waals surface area contributed by atoms with E-state index in [2.05, 4.69) is 10.5 Å². The van der Waals surface area contributed by atoms with Crippen LogP contribution in [0.15, 0.2) is 41.5 Å². The van der Waals surface area contributed by atoms with Gasteiger partial charge in [0.1, 0.15) is 5.75 Å². The van der Waals surface area contributed by atoms with Gasteiger partial charge >= 0.3 is 0 Å². The number of ether oxygens (including phenoxy) is 1.